The van der Waals surface area contributed by atoms with Gasteiger partial charge < -0.3 is 13.9 Å². The van der Waals surface area contributed by atoms with Crippen molar-refractivity contribution >= 4 is 7.82 Å². The van der Waals surface area contributed by atoms with Crippen molar-refractivity contribution in [3.05, 3.63) is 0 Å². The Morgan fingerprint density at radius 3 is 1.50 bits per heavy atom. The second-order valence-corrected chi connectivity index (χ2v) is 7.28. The Kier molecular flexibility index (Phi) is 18.6. The molecular formula is C16H34NdO4P. The largest absolute Gasteiger partial charge is 1.00 e. The first-order chi connectivity index (χ1) is 9.99. The van der Waals surface area contributed by atoms with Crippen LogP contribution in [0.5, 0.6) is 0 Å². The maximum absolute atomic E-state index is 11.8. The van der Waals surface area contributed by atoms with Crippen LogP contribution in [0.3, 0.4) is 0 Å². The van der Waals surface area contributed by atoms with Crippen LogP contribution in [-0.4, -0.2) is 13.2 Å². The summed E-state index contributed by atoms with van der Waals surface area (Å²) < 4.78 is 21.9. The molecule has 0 aromatic carbocycles. The van der Waals surface area contributed by atoms with E-state index in [1.165, 1.54) is 0 Å². The van der Waals surface area contributed by atoms with E-state index in [-0.39, 0.29) is 54.1 Å². The topological polar surface area (TPSA) is 58.6 Å². The number of hydrogen-bond donors (Lipinski definition) is 0. The van der Waals surface area contributed by atoms with Crippen LogP contribution >= 0.6 is 7.82 Å². The molecule has 0 spiro atoms. The number of rotatable bonds is 14. The molecule has 0 amide bonds. The first-order valence-electron chi connectivity index (χ1n) is 8.59. The number of phosphoric acid groups is 1. The van der Waals surface area contributed by atoms with Crippen LogP contribution in [0.4, 0.5) is 0 Å². The fourth-order valence-corrected chi connectivity index (χ4v) is 3.09. The van der Waals surface area contributed by atoms with Crippen LogP contribution in [0, 0.1) is 52.7 Å². The van der Waals surface area contributed by atoms with Gasteiger partial charge in [-0.1, -0.05) is 66.2 Å². The van der Waals surface area contributed by atoms with Crippen molar-refractivity contribution in [1.82, 2.24) is 0 Å². The molecule has 0 fully saturated rings. The molecule has 0 aromatic rings. The number of unbranched alkanes of at least 4 members (excludes halogenated alkanes) is 2. The van der Waals surface area contributed by atoms with E-state index in [9.17, 15) is 9.46 Å². The van der Waals surface area contributed by atoms with Gasteiger partial charge in [-0.3, -0.25) is 4.57 Å². The smallest absolute Gasteiger partial charge is 0.756 e. The Hall–Kier alpha value is 1.46. The summed E-state index contributed by atoms with van der Waals surface area (Å²) in [7, 11) is -4.14. The maximum Gasteiger partial charge on any atom is 1.00 e. The van der Waals surface area contributed by atoms with E-state index in [0.29, 0.717) is 11.8 Å². The van der Waals surface area contributed by atoms with Crippen molar-refractivity contribution in [3.8, 4) is 0 Å². The van der Waals surface area contributed by atoms with Crippen molar-refractivity contribution in [2.45, 2.75) is 79.1 Å². The first-order valence-corrected chi connectivity index (χ1v) is 10.0. The van der Waals surface area contributed by atoms with E-state index in [1.54, 1.807) is 0 Å². The zero-order chi connectivity index (χ0) is 16.1. The summed E-state index contributed by atoms with van der Waals surface area (Å²) in [5.41, 5.74) is 0. The fourth-order valence-electron chi connectivity index (χ4n) is 2.23. The molecule has 22 heavy (non-hydrogen) atoms. The summed E-state index contributed by atoms with van der Waals surface area (Å²) in [6.45, 7) is 8.91. The van der Waals surface area contributed by atoms with Gasteiger partial charge in [0.05, 0.1) is 13.2 Å². The van der Waals surface area contributed by atoms with E-state index < -0.39 is 7.82 Å². The van der Waals surface area contributed by atoms with E-state index in [0.717, 1.165) is 51.4 Å². The zero-order valence-corrected chi connectivity index (χ0v) is 18.9. The van der Waals surface area contributed by atoms with Crippen molar-refractivity contribution in [2.24, 2.45) is 11.8 Å². The van der Waals surface area contributed by atoms with Crippen LogP contribution in [0.25, 0.3) is 0 Å². The Balaban J connectivity index is 0. The molecule has 1 radical (unpaired) electrons. The summed E-state index contributed by atoms with van der Waals surface area (Å²) in [5.74, 6) is 0.607. The van der Waals surface area contributed by atoms with E-state index >= 15 is 0 Å². The maximum atomic E-state index is 11.8. The predicted octanol–water partition coefficient (Wildman–Crippen LogP) is 4.92. The Labute approximate surface area is 170 Å². The number of hydrogen-bond acceptors (Lipinski definition) is 4. The molecule has 0 saturated heterocycles. The van der Waals surface area contributed by atoms with Gasteiger partial charge in [0.25, 0.3) is 7.82 Å². The normalized spacial score (nSPS) is 16.6. The van der Waals surface area contributed by atoms with Gasteiger partial charge in [0, 0.05) is 0 Å². The fraction of sp³-hybridized carbons (Fsp3) is 1.00. The summed E-state index contributed by atoms with van der Waals surface area (Å²) in [5, 5.41) is 0. The molecule has 0 aliphatic rings. The van der Waals surface area contributed by atoms with Crippen LogP contribution in [0.15, 0.2) is 0 Å². The summed E-state index contributed by atoms with van der Waals surface area (Å²) in [4.78, 5) is 11.8. The van der Waals surface area contributed by atoms with Gasteiger partial charge in [-0.2, -0.15) is 0 Å². The van der Waals surface area contributed by atoms with Crippen LogP contribution in [0.2, 0.25) is 0 Å². The summed E-state index contributed by atoms with van der Waals surface area (Å²) in [6.07, 6.45) is 8.38. The van der Waals surface area contributed by atoms with Gasteiger partial charge in [-0.25, -0.2) is 0 Å². The average molecular weight is 466 g/mol. The van der Waals surface area contributed by atoms with E-state index in [4.69, 9.17) is 9.05 Å². The molecule has 2 atom stereocenters. The predicted molar refractivity (Wildman–Crippen MR) is 86.1 cm³/mol. The molecule has 0 bridgehead atoms. The average Bonchev–Trinajstić information content (AvgIpc) is 2.47. The minimum absolute atomic E-state index is 0. The molecule has 4 nitrogen and oxygen atoms in total. The molecule has 0 rings (SSSR count). The second kappa shape index (κ2) is 16.0. The van der Waals surface area contributed by atoms with Gasteiger partial charge in [0.1, 0.15) is 0 Å². The monoisotopic (exact) mass is 463 g/mol. The van der Waals surface area contributed by atoms with Gasteiger partial charge in [0.15, 0.2) is 0 Å². The molecule has 0 N–H and O–H groups in total. The quantitative estimate of drug-likeness (QED) is 0.342. The van der Waals surface area contributed by atoms with Crippen molar-refractivity contribution in [1.29, 1.82) is 0 Å². The zero-order valence-electron chi connectivity index (χ0n) is 14.8. The molecule has 0 aliphatic carbocycles. The SMILES string of the molecule is CCCCC(CC)COP(=O)([O-])OCC(CC)CCCC.[Nd+]. The van der Waals surface area contributed by atoms with E-state index in [1.807, 2.05) is 0 Å². The van der Waals surface area contributed by atoms with Crippen LogP contribution in [0.1, 0.15) is 79.1 Å². The molecule has 2 unspecified atom stereocenters. The molecule has 0 heterocycles. The third kappa shape index (κ3) is 13.9. The first kappa shape index (κ1) is 25.7. The summed E-state index contributed by atoms with van der Waals surface area (Å²) in [6, 6.07) is 0. The summed E-state index contributed by atoms with van der Waals surface area (Å²) >= 11 is 0. The van der Waals surface area contributed by atoms with Crippen molar-refractivity contribution < 1.29 is 59.3 Å². The third-order valence-corrected chi connectivity index (χ3v) is 4.95. The van der Waals surface area contributed by atoms with Gasteiger partial charge in [-0.05, 0) is 24.7 Å². The van der Waals surface area contributed by atoms with E-state index in [2.05, 4.69) is 27.7 Å². The molecule has 0 aliphatic heterocycles. The molecular weight excluding hydrogens is 431 g/mol. The van der Waals surface area contributed by atoms with Gasteiger partial charge >= 0.3 is 40.8 Å². The molecule has 0 saturated carbocycles. The number of phosphoric ester groups is 1. The third-order valence-electron chi connectivity index (χ3n) is 4.02. The van der Waals surface area contributed by atoms with Gasteiger partial charge in [-0.15, -0.1) is 0 Å². The molecule has 6 heteroatoms. The van der Waals surface area contributed by atoms with Crippen LogP contribution in [-0.2, 0) is 13.6 Å². The minimum atomic E-state index is -4.14. The second-order valence-electron chi connectivity index (χ2n) is 5.87. The molecule has 0 aromatic heterocycles. The van der Waals surface area contributed by atoms with Gasteiger partial charge in [0.2, 0.25) is 0 Å². The van der Waals surface area contributed by atoms with Crippen LogP contribution < -0.4 is 4.89 Å². The standard InChI is InChI=1S/C16H35O4P.Nd/c1-5-9-11-15(7-3)13-19-21(17,18)20-14-16(8-4)12-10-6-2;/h15-16H,5-14H2,1-4H3,(H,17,18);/q;+1/p-1. The minimum Gasteiger partial charge on any atom is -0.756 e. The Morgan fingerprint density at radius 2 is 1.23 bits per heavy atom. The van der Waals surface area contributed by atoms with Crippen molar-refractivity contribution in [2.75, 3.05) is 13.2 Å². The van der Waals surface area contributed by atoms with Crippen molar-refractivity contribution in [3.63, 3.8) is 0 Å². The Morgan fingerprint density at radius 1 is 0.864 bits per heavy atom. The molecule has 131 valence electrons. The Bertz CT molecular complexity index is 265.